The van der Waals surface area contributed by atoms with Crippen LogP contribution in [0.15, 0.2) is 4.42 Å². The molecular formula is C10H17N3O2. The number of aromatic nitrogens is 2. The fourth-order valence-corrected chi connectivity index (χ4v) is 1.73. The molecule has 1 aliphatic heterocycles. The van der Waals surface area contributed by atoms with Gasteiger partial charge in [-0.2, -0.15) is 0 Å². The van der Waals surface area contributed by atoms with Gasteiger partial charge >= 0.3 is 0 Å². The van der Waals surface area contributed by atoms with Crippen LogP contribution >= 0.6 is 0 Å². The first-order valence-corrected chi connectivity index (χ1v) is 5.32. The topological polar surface area (TPSA) is 51.4 Å². The monoisotopic (exact) mass is 211 g/mol. The normalized spacial score (nSPS) is 23.6. The van der Waals surface area contributed by atoms with Crippen molar-refractivity contribution in [3.8, 4) is 0 Å². The molecule has 0 bridgehead atoms. The maximum absolute atomic E-state index is 5.62. The number of hydrogen-bond acceptors (Lipinski definition) is 5. The van der Waals surface area contributed by atoms with E-state index in [0.29, 0.717) is 17.8 Å². The van der Waals surface area contributed by atoms with Crippen LogP contribution in [0.5, 0.6) is 0 Å². The van der Waals surface area contributed by atoms with Crippen molar-refractivity contribution in [1.29, 1.82) is 0 Å². The molecule has 0 N–H and O–H groups in total. The molecule has 1 fully saturated rings. The Kier molecular flexibility index (Phi) is 3.02. The molecule has 0 aliphatic carbocycles. The Bertz CT molecular complexity index is 324. The summed E-state index contributed by atoms with van der Waals surface area (Å²) in [7, 11) is 0. The van der Waals surface area contributed by atoms with Crippen LogP contribution < -0.4 is 0 Å². The number of ether oxygens (including phenoxy) is 1. The van der Waals surface area contributed by atoms with Crippen LogP contribution in [0.1, 0.15) is 31.7 Å². The van der Waals surface area contributed by atoms with Crippen LogP contribution in [0.2, 0.25) is 0 Å². The van der Waals surface area contributed by atoms with Crippen LogP contribution in [-0.2, 0) is 4.74 Å². The van der Waals surface area contributed by atoms with Gasteiger partial charge in [-0.25, -0.2) is 0 Å². The summed E-state index contributed by atoms with van der Waals surface area (Å²) in [6.07, 6.45) is -0.0673. The quantitative estimate of drug-likeness (QED) is 0.734. The highest BCUT2D eigenvalue weighted by Crippen LogP contribution is 2.21. The lowest BCUT2D eigenvalue weighted by Gasteiger charge is -2.33. The van der Waals surface area contributed by atoms with Gasteiger partial charge in [-0.1, -0.05) is 0 Å². The summed E-state index contributed by atoms with van der Waals surface area (Å²) in [5.74, 6) is 1.19. The van der Waals surface area contributed by atoms with Crippen molar-refractivity contribution in [3.63, 3.8) is 0 Å². The van der Waals surface area contributed by atoms with Crippen molar-refractivity contribution in [2.45, 2.75) is 32.9 Å². The molecule has 1 aliphatic rings. The van der Waals surface area contributed by atoms with Crippen molar-refractivity contribution in [2.75, 3.05) is 19.7 Å². The van der Waals surface area contributed by atoms with Crippen molar-refractivity contribution in [3.05, 3.63) is 11.8 Å². The first kappa shape index (κ1) is 10.6. The summed E-state index contributed by atoms with van der Waals surface area (Å²) in [6.45, 7) is 8.69. The summed E-state index contributed by atoms with van der Waals surface area (Å²) in [6, 6.07) is 0.528. The highest BCUT2D eigenvalue weighted by Gasteiger charge is 2.27. The average molecular weight is 211 g/mol. The Morgan fingerprint density at radius 2 is 2.20 bits per heavy atom. The smallest absolute Gasteiger partial charge is 0.246 e. The van der Waals surface area contributed by atoms with E-state index in [1.165, 1.54) is 0 Å². The maximum atomic E-state index is 5.62. The Labute approximate surface area is 89.4 Å². The van der Waals surface area contributed by atoms with E-state index in [2.05, 4.69) is 28.9 Å². The van der Waals surface area contributed by atoms with E-state index in [-0.39, 0.29) is 6.10 Å². The van der Waals surface area contributed by atoms with Crippen molar-refractivity contribution < 1.29 is 9.15 Å². The molecule has 0 amide bonds. The van der Waals surface area contributed by atoms with Gasteiger partial charge in [-0.3, -0.25) is 4.90 Å². The third kappa shape index (κ3) is 2.35. The van der Waals surface area contributed by atoms with Crippen molar-refractivity contribution in [1.82, 2.24) is 15.1 Å². The molecule has 84 valence electrons. The number of nitrogens with zero attached hydrogens (tertiary/aromatic N) is 3. The second kappa shape index (κ2) is 4.28. The van der Waals surface area contributed by atoms with Crippen LogP contribution in [0.4, 0.5) is 0 Å². The summed E-state index contributed by atoms with van der Waals surface area (Å²) < 4.78 is 11.0. The molecule has 0 unspecified atom stereocenters. The van der Waals surface area contributed by atoms with E-state index in [0.717, 1.165) is 19.7 Å². The number of hydrogen-bond donors (Lipinski definition) is 0. The summed E-state index contributed by atoms with van der Waals surface area (Å²) in [5, 5.41) is 7.81. The van der Waals surface area contributed by atoms with E-state index in [4.69, 9.17) is 9.15 Å². The molecular weight excluding hydrogens is 194 g/mol. The fraction of sp³-hybridized carbons (Fsp3) is 0.800. The van der Waals surface area contributed by atoms with E-state index < -0.39 is 0 Å². The number of aryl methyl sites for hydroxylation is 1. The number of morpholine rings is 1. The lowest BCUT2D eigenvalue weighted by atomic mass is 10.2. The second-order valence-corrected chi connectivity index (χ2v) is 4.11. The van der Waals surface area contributed by atoms with Gasteiger partial charge in [0.15, 0.2) is 0 Å². The molecule has 5 nitrogen and oxygen atoms in total. The summed E-state index contributed by atoms with van der Waals surface area (Å²) in [4.78, 5) is 2.35. The van der Waals surface area contributed by atoms with Crippen LogP contribution in [-0.4, -0.2) is 40.8 Å². The van der Waals surface area contributed by atoms with Gasteiger partial charge in [0.2, 0.25) is 11.8 Å². The first-order valence-electron chi connectivity index (χ1n) is 5.32. The third-order valence-electron chi connectivity index (χ3n) is 2.65. The zero-order valence-electron chi connectivity index (χ0n) is 9.43. The SMILES string of the molecule is Cc1nnc([C@@H]2CN(C(C)C)CCO2)o1. The number of rotatable bonds is 2. The van der Waals surface area contributed by atoms with Gasteiger partial charge < -0.3 is 9.15 Å². The summed E-state index contributed by atoms with van der Waals surface area (Å²) in [5.41, 5.74) is 0. The van der Waals surface area contributed by atoms with Gasteiger partial charge in [0.25, 0.3) is 0 Å². The molecule has 0 aromatic carbocycles. The maximum Gasteiger partial charge on any atom is 0.246 e. The lowest BCUT2D eigenvalue weighted by Crippen LogP contribution is -2.42. The molecule has 15 heavy (non-hydrogen) atoms. The standard InChI is InChI=1S/C10H17N3O2/c1-7(2)13-4-5-14-9(6-13)10-12-11-8(3)15-10/h7,9H,4-6H2,1-3H3/t9-/m0/s1. The minimum Gasteiger partial charge on any atom is -0.423 e. The molecule has 1 aromatic heterocycles. The molecule has 2 rings (SSSR count). The summed E-state index contributed by atoms with van der Waals surface area (Å²) >= 11 is 0. The van der Waals surface area contributed by atoms with E-state index in [1.54, 1.807) is 6.92 Å². The minimum atomic E-state index is -0.0673. The molecule has 1 saturated heterocycles. The van der Waals surface area contributed by atoms with Gasteiger partial charge in [0.1, 0.15) is 6.10 Å². The van der Waals surface area contributed by atoms with Crippen molar-refractivity contribution >= 4 is 0 Å². The van der Waals surface area contributed by atoms with E-state index >= 15 is 0 Å². The van der Waals surface area contributed by atoms with Gasteiger partial charge in [-0.05, 0) is 13.8 Å². The van der Waals surface area contributed by atoms with Crippen LogP contribution in [0.25, 0.3) is 0 Å². The predicted molar refractivity (Wildman–Crippen MR) is 54.4 cm³/mol. The minimum absolute atomic E-state index is 0.0673. The molecule has 5 heteroatoms. The van der Waals surface area contributed by atoms with Crippen molar-refractivity contribution in [2.24, 2.45) is 0 Å². The van der Waals surface area contributed by atoms with Gasteiger partial charge in [0, 0.05) is 26.1 Å². The highest BCUT2D eigenvalue weighted by molar-refractivity contribution is 4.89. The molecule has 0 spiro atoms. The molecule has 0 radical (unpaired) electrons. The molecule has 1 aromatic rings. The zero-order valence-corrected chi connectivity index (χ0v) is 9.43. The Balaban J connectivity index is 2.04. The van der Waals surface area contributed by atoms with E-state index in [1.807, 2.05) is 0 Å². The van der Waals surface area contributed by atoms with Crippen LogP contribution in [0, 0.1) is 6.92 Å². The Hall–Kier alpha value is -0.940. The zero-order chi connectivity index (χ0) is 10.8. The average Bonchev–Trinajstić information content (AvgIpc) is 2.65. The van der Waals surface area contributed by atoms with E-state index in [9.17, 15) is 0 Å². The van der Waals surface area contributed by atoms with Gasteiger partial charge in [0.05, 0.1) is 6.61 Å². The predicted octanol–water partition coefficient (Wildman–Crippen LogP) is 1.16. The second-order valence-electron chi connectivity index (χ2n) is 4.11. The molecule has 0 saturated carbocycles. The molecule has 1 atom stereocenters. The highest BCUT2D eigenvalue weighted by atomic mass is 16.5. The van der Waals surface area contributed by atoms with Gasteiger partial charge in [-0.15, -0.1) is 10.2 Å². The third-order valence-corrected chi connectivity index (χ3v) is 2.65. The lowest BCUT2D eigenvalue weighted by molar-refractivity contribution is -0.0523. The largest absolute Gasteiger partial charge is 0.423 e. The molecule has 2 heterocycles. The Morgan fingerprint density at radius 3 is 2.80 bits per heavy atom. The van der Waals surface area contributed by atoms with Crippen LogP contribution in [0.3, 0.4) is 0 Å². The first-order chi connectivity index (χ1) is 7.16. The Morgan fingerprint density at radius 1 is 1.40 bits per heavy atom. The fourth-order valence-electron chi connectivity index (χ4n) is 1.73.